The van der Waals surface area contributed by atoms with E-state index in [2.05, 4.69) is 58.9 Å². The van der Waals surface area contributed by atoms with Crippen molar-refractivity contribution in [1.82, 2.24) is 0 Å². The van der Waals surface area contributed by atoms with Crippen LogP contribution in [0.4, 0.5) is 0 Å². The van der Waals surface area contributed by atoms with E-state index in [-0.39, 0.29) is 11.0 Å². The lowest BCUT2D eigenvalue weighted by Gasteiger charge is -2.29. The van der Waals surface area contributed by atoms with Gasteiger partial charge >= 0.3 is 0 Å². The Labute approximate surface area is 119 Å². The lowest BCUT2D eigenvalue weighted by molar-refractivity contribution is 0.365. The number of benzene rings is 1. The maximum Gasteiger partial charge on any atom is 0.0192 e. The summed E-state index contributed by atoms with van der Waals surface area (Å²) in [4.78, 5) is 0. The molecule has 0 saturated heterocycles. The zero-order valence-corrected chi connectivity index (χ0v) is 13.4. The molecule has 1 nitrogen and oxygen atoms in total. The van der Waals surface area contributed by atoms with Crippen molar-refractivity contribution >= 4 is 0 Å². The molecule has 108 valence electrons. The van der Waals surface area contributed by atoms with Crippen LogP contribution >= 0.6 is 0 Å². The second kappa shape index (κ2) is 6.56. The molecule has 0 bridgehead atoms. The molecule has 2 N–H and O–H groups in total. The number of rotatable bonds is 6. The van der Waals surface area contributed by atoms with Gasteiger partial charge in [-0.3, -0.25) is 0 Å². The highest BCUT2D eigenvalue weighted by Crippen LogP contribution is 2.25. The molecule has 1 heteroatoms. The van der Waals surface area contributed by atoms with Crippen LogP contribution in [0.15, 0.2) is 24.3 Å². The van der Waals surface area contributed by atoms with Gasteiger partial charge in [0.2, 0.25) is 0 Å². The predicted molar refractivity (Wildman–Crippen MR) is 85.6 cm³/mol. The molecule has 0 amide bonds. The second-order valence-corrected chi connectivity index (χ2v) is 6.94. The van der Waals surface area contributed by atoms with Gasteiger partial charge in [-0.05, 0) is 35.8 Å². The summed E-state index contributed by atoms with van der Waals surface area (Å²) < 4.78 is 0. The monoisotopic (exact) mass is 261 g/mol. The van der Waals surface area contributed by atoms with Gasteiger partial charge < -0.3 is 5.73 Å². The maximum atomic E-state index is 6.54. The van der Waals surface area contributed by atoms with E-state index >= 15 is 0 Å². The van der Waals surface area contributed by atoms with Gasteiger partial charge in [-0.15, -0.1) is 0 Å². The van der Waals surface area contributed by atoms with Crippen molar-refractivity contribution in [2.45, 2.75) is 77.7 Å². The Hall–Kier alpha value is -0.820. The molecule has 19 heavy (non-hydrogen) atoms. The van der Waals surface area contributed by atoms with Crippen molar-refractivity contribution in [3.05, 3.63) is 35.4 Å². The quantitative estimate of drug-likeness (QED) is 0.780. The van der Waals surface area contributed by atoms with Gasteiger partial charge in [-0.25, -0.2) is 0 Å². The predicted octanol–water partition coefficient (Wildman–Crippen LogP) is 4.82. The Kier molecular flexibility index (Phi) is 5.61. The molecular weight excluding hydrogens is 230 g/mol. The van der Waals surface area contributed by atoms with E-state index in [0.29, 0.717) is 0 Å². The van der Waals surface area contributed by atoms with Gasteiger partial charge in [0.05, 0.1) is 0 Å². The van der Waals surface area contributed by atoms with Crippen molar-refractivity contribution in [2.24, 2.45) is 5.73 Å². The maximum absolute atomic E-state index is 6.54. The first-order chi connectivity index (χ1) is 8.80. The van der Waals surface area contributed by atoms with Crippen molar-refractivity contribution in [3.8, 4) is 0 Å². The first kappa shape index (κ1) is 16.2. The Morgan fingerprint density at radius 2 is 1.58 bits per heavy atom. The molecule has 0 aliphatic heterocycles. The summed E-state index contributed by atoms with van der Waals surface area (Å²) in [7, 11) is 0. The molecule has 0 fully saturated rings. The highest BCUT2D eigenvalue weighted by atomic mass is 14.7. The number of unbranched alkanes of at least 4 members (excludes halogenated alkanes) is 1. The van der Waals surface area contributed by atoms with Crippen molar-refractivity contribution in [2.75, 3.05) is 0 Å². The van der Waals surface area contributed by atoms with Crippen LogP contribution in [0.5, 0.6) is 0 Å². The van der Waals surface area contributed by atoms with E-state index in [0.717, 1.165) is 19.3 Å². The summed E-state index contributed by atoms with van der Waals surface area (Å²) >= 11 is 0. The fourth-order valence-corrected chi connectivity index (χ4v) is 2.45. The summed E-state index contributed by atoms with van der Waals surface area (Å²) in [6, 6.07) is 9.02. The third kappa shape index (κ3) is 4.99. The van der Waals surface area contributed by atoms with Crippen molar-refractivity contribution < 1.29 is 0 Å². The molecule has 0 radical (unpaired) electrons. The van der Waals surface area contributed by atoms with E-state index in [9.17, 15) is 0 Å². The third-order valence-corrected chi connectivity index (χ3v) is 4.11. The van der Waals surface area contributed by atoms with Crippen LogP contribution in [0, 0.1) is 0 Å². The van der Waals surface area contributed by atoms with E-state index in [1.807, 2.05) is 0 Å². The van der Waals surface area contributed by atoms with Gasteiger partial charge in [-0.2, -0.15) is 0 Å². The van der Waals surface area contributed by atoms with Gasteiger partial charge in [0.1, 0.15) is 0 Å². The van der Waals surface area contributed by atoms with Crippen LogP contribution in [0.2, 0.25) is 0 Å². The summed E-state index contributed by atoms with van der Waals surface area (Å²) in [6.07, 6.45) is 5.62. The van der Waals surface area contributed by atoms with Gasteiger partial charge in [0.25, 0.3) is 0 Å². The molecule has 1 rings (SSSR count). The zero-order chi connectivity index (χ0) is 14.5. The Morgan fingerprint density at radius 3 is 2.00 bits per heavy atom. The molecule has 1 aromatic carbocycles. The van der Waals surface area contributed by atoms with Crippen LogP contribution in [0.1, 0.15) is 71.4 Å². The van der Waals surface area contributed by atoms with E-state index < -0.39 is 0 Å². The zero-order valence-electron chi connectivity index (χ0n) is 13.4. The molecule has 1 unspecified atom stereocenters. The Morgan fingerprint density at radius 1 is 1.00 bits per heavy atom. The number of hydrogen-bond acceptors (Lipinski definition) is 1. The van der Waals surface area contributed by atoms with E-state index in [1.54, 1.807) is 0 Å². The minimum atomic E-state index is -0.0285. The molecule has 1 aromatic rings. The van der Waals surface area contributed by atoms with Crippen LogP contribution in [0.3, 0.4) is 0 Å². The average molecular weight is 261 g/mol. The second-order valence-electron chi connectivity index (χ2n) is 6.94. The average Bonchev–Trinajstić information content (AvgIpc) is 2.36. The molecule has 1 atom stereocenters. The standard InChI is InChI=1S/C18H31N/c1-6-8-13-18(19,7-2)14-15-9-11-16(12-10-15)17(3,4)5/h9-12H,6-8,13-14,19H2,1-5H3. The highest BCUT2D eigenvalue weighted by Gasteiger charge is 2.22. The van der Waals surface area contributed by atoms with Gasteiger partial charge in [-0.1, -0.05) is 71.7 Å². The smallest absolute Gasteiger partial charge is 0.0192 e. The van der Waals surface area contributed by atoms with E-state index in [4.69, 9.17) is 5.73 Å². The molecule has 0 saturated carbocycles. The largest absolute Gasteiger partial charge is 0.325 e. The van der Waals surface area contributed by atoms with E-state index in [1.165, 1.54) is 24.0 Å². The lowest BCUT2D eigenvalue weighted by Crippen LogP contribution is -2.41. The minimum absolute atomic E-state index is 0.0285. The molecule has 0 aliphatic rings. The first-order valence-corrected chi connectivity index (χ1v) is 7.69. The van der Waals surface area contributed by atoms with Crippen LogP contribution in [-0.4, -0.2) is 5.54 Å². The number of nitrogens with two attached hydrogens (primary N) is 1. The summed E-state index contributed by atoms with van der Waals surface area (Å²) in [6.45, 7) is 11.2. The fourth-order valence-electron chi connectivity index (χ4n) is 2.45. The van der Waals surface area contributed by atoms with Crippen molar-refractivity contribution in [1.29, 1.82) is 0 Å². The molecule has 0 heterocycles. The summed E-state index contributed by atoms with van der Waals surface area (Å²) in [5, 5.41) is 0. The summed E-state index contributed by atoms with van der Waals surface area (Å²) in [5.41, 5.74) is 9.50. The Balaban J connectivity index is 2.76. The Bertz CT molecular complexity index is 372. The fraction of sp³-hybridized carbons (Fsp3) is 0.667. The third-order valence-electron chi connectivity index (χ3n) is 4.11. The first-order valence-electron chi connectivity index (χ1n) is 7.69. The van der Waals surface area contributed by atoms with Crippen molar-refractivity contribution in [3.63, 3.8) is 0 Å². The summed E-state index contributed by atoms with van der Waals surface area (Å²) in [5.74, 6) is 0. The van der Waals surface area contributed by atoms with Gasteiger partial charge in [0, 0.05) is 5.54 Å². The SMILES string of the molecule is CCCCC(N)(CC)Cc1ccc(C(C)(C)C)cc1. The molecule has 0 aliphatic carbocycles. The topological polar surface area (TPSA) is 26.0 Å². The molecular formula is C18H31N. The normalized spacial score (nSPS) is 15.3. The molecule has 0 spiro atoms. The minimum Gasteiger partial charge on any atom is -0.325 e. The molecule has 0 aromatic heterocycles. The van der Waals surface area contributed by atoms with Crippen LogP contribution in [0.25, 0.3) is 0 Å². The van der Waals surface area contributed by atoms with Crippen LogP contribution in [-0.2, 0) is 11.8 Å². The number of hydrogen-bond donors (Lipinski definition) is 1. The lowest BCUT2D eigenvalue weighted by atomic mass is 9.82. The van der Waals surface area contributed by atoms with Crippen LogP contribution < -0.4 is 5.73 Å². The van der Waals surface area contributed by atoms with Gasteiger partial charge in [0.15, 0.2) is 0 Å². The highest BCUT2D eigenvalue weighted by molar-refractivity contribution is 5.28.